The Morgan fingerprint density at radius 3 is 3.09 bits per heavy atom. The van der Waals surface area contributed by atoms with Gasteiger partial charge in [0.2, 0.25) is 0 Å². The quantitative estimate of drug-likeness (QED) is 0.681. The normalized spacial score (nSPS) is 11.1. The zero-order chi connectivity index (χ0) is 8.10. The van der Waals surface area contributed by atoms with E-state index < -0.39 is 0 Å². The summed E-state index contributed by atoms with van der Waals surface area (Å²) < 4.78 is 1.93. The lowest BCUT2D eigenvalue weighted by atomic mass is 10.3. The molecule has 11 heavy (non-hydrogen) atoms. The monoisotopic (exact) mass is 168 g/mol. The van der Waals surface area contributed by atoms with Gasteiger partial charge in [0.05, 0.1) is 12.0 Å². The molecule has 1 heterocycles. The standard InChI is InChI=1S/C8H12N2S/c1-10-6-8(9-7-10)4-2-3-5-11/h2,4,6-7,11H,3,5H2,1H3. The molecule has 60 valence electrons. The molecule has 0 aliphatic rings. The third-order valence-electron chi connectivity index (χ3n) is 1.31. The van der Waals surface area contributed by atoms with Crippen LogP contribution in [0.1, 0.15) is 12.1 Å². The zero-order valence-electron chi connectivity index (χ0n) is 6.57. The first-order chi connectivity index (χ1) is 5.33. The van der Waals surface area contributed by atoms with Crippen LogP contribution in [0.5, 0.6) is 0 Å². The summed E-state index contributed by atoms with van der Waals surface area (Å²) in [5, 5.41) is 0. The van der Waals surface area contributed by atoms with E-state index in [1.807, 2.05) is 23.9 Å². The van der Waals surface area contributed by atoms with Crippen molar-refractivity contribution in [2.75, 3.05) is 5.75 Å². The van der Waals surface area contributed by atoms with Crippen LogP contribution in [0, 0.1) is 0 Å². The number of rotatable bonds is 3. The lowest BCUT2D eigenvalue weighted by molar-refractivity contribution is 0.913. The van der Waals surface area contributed by atoms with Gasteiger partial charge in [-0.05, 0) is 18.2 Å². The number of imidazole rings is 1. The molecular formula is C8H12N2S. The third-order valence-corrected chi connectivity index (χ3v) is 1.57. The minimum absolute atomic E-state index is 0.892. The summed E-state index contributed by atoms with van der Waals surface area (Å²) in [6, 6.07) is 0. The molecule has 0 aromatic carbocycles. The summed E-state index contributed by atoms with van der Waals surface area (Å²) >= 11 is 4.10. The van der Waals surface area contributed by atoms with Crippen LogP contribution in [0.2, 0.25) is 0 Å². The van der Waals surface area contributed by atoms with Crippen molar-refractivity contribution in [1.29, 1.82) is 0 Å². The van der Waals surface area contributed by atoms with E-state index in [1.165, 1.54) is 0 Å². The maximum absolute atomic E-state index is 4.14. The van der Waals surface area contributed by atoms with Crippen LogP contribution in [0.3, 0.4) is 0 Å². The summed E-state index contributed by atoms with van der Waals surface area (Å²) in [7, 11) is 1.96. The molecule has 0 aliphatic carbocycles. The molecule has 1 rings (SSSR count). The van der Waals surface area contributed by atoms with Gasteiger partial charge < -0.3 is 4.57 Å². The van der Waals surface area contributed by atoms with Gasteiger partial charge in [0.25, 0.3) is 0 Å². The summed E-state index contributed by atoms with van der Waals surface area (Å²) in [4.78, 5) is 4.14. The topological polar surface area (TPSA) is 17.8 Å². The second-order valence-electron chi connectivity index (χ2n) is 2.38. The summed E-state index contributed by atoms with van der Waals surface area (Å²) in [6.45, 7) is 0. The Morgan fingerprint density at radius 2 is 2.55 bits per heavy atom. The van der Waals surface area contributed by atoms with Gasteiger partial charge in [-0.2, -0.15) is 12.6 Å². The van der Waals surface area contributed by atoms with E-state index in [9.17, 15) is 0 Å². The molecule has 0 spiro atoms. The lowest BCUT2D eigenvalue weighted by Gasteiger charge is -1.83. The summed E-state index contributed by atoms with van der Waals surface area (Å²) in [6.07, 6.45) is 8.86. The van der Waals surface area contributed by atoms with Gasteiger partial charge in [-0.3, -0.25) is 0 Å². The summed E-state index contributed by atoms with van der Waals surface area (Å²) in [5.41, 5.74) is 1.01. The van der Waals surface area contributed by atoms with Crippen LogP contribution < -0.4 is 0 Å². The number of allylic oxidation sites excluding steroid dienone is 1. The highest BCUT2D eigenvalue weighted by atomic mass is 32.1. The predicted molar refractivity (Wildman–Crippen MR) is 50.7 cm³/mol. The fourth-order valence-corrected chi connectivity index (χ4v) is 0.947. The predicted octanol–water partition coefficient (Wildman–Crippen LogP) is 1.75. The van der Waals surface area contributed by atoms with Gasteiger partial charge in [-0.1, -0.05) is 6.08 Å². The first kappa shape index (κ1) is 8.40. The number of aromatic nitrogens is 2. The van der Waals surface area contributed by atoms with E-state index in [4.69, 9.17) is 0 Å². The van der Waals surface area contributed by atoms with E-state index in [0.717, 1.165) is 17.9 Å². The minimum Gasteiger partial charge on any atom is -0.340 e. The van der Waals surface area contributed by atoms with Crippen molar-refractivity contribution in [3.63, 3.8) is 0 Å². The Hall–Kier alpha value is -0.700. The molecule has 0 saturated heterocycles. The molecule has 0 unspecified atom stereocenters. The Morgan fingerprint density at radius 1 is 1.73 bits per heavy atom. The Balaban J connectivity index is 2.50. The van der Waals surface area contributed by atoms with Crippen molar-refractivity contribution in [2.24, 2.45) is 7.05 Å². The number of thiol groups is 1. The SMILES string of the molecule is Cn1cnc(C=CCCS)c1. The van der Waals surface area contributed by atoms with E-state index in [2.05, 4.69) is 23.7 Å². The van der Waals surface area contributed by atoms with Crippen molar-refractivity contribution in [2.45, 2.75) is 6.42 Å². The second kappa shape index (κ2) is 4.23. The molecule has 1 aromatic heterocycles. The van der Waals surface area contributed by atoms with Crippen molar-refractivity contribution >= 4 is 18.7 Å². The van der Waals surface area contributed by atoms with Crippen LogP contribution in [-0.2, 0) is 7.05 Å². The van der Waals surface area contributed by atoms with Crippen molar-refractivity contribution in [1.82, 2.24) is 9.55 Å². The van der Waals surface area contributed by atoms with Crippen LogP contribution in [-0.4, -0.2) is 15.3 Å². The van der Waals surface area contributed by atoms with Gasteiger partial charge in [-0.15, -0.1) is 0 Å². The fourth-order valence-electron chi connectivity index (χ4n) is 0.798. The molecule has 0 fully saturated rings. The first-order valence-electron chi connectivity index (χ1n) is 3.58. The molecule has 0 N–H and O–H groups in total. The van der Waals surface area contributed by atoms with Crippen LogP contribution >= 0.6 is 12.6 Å². The number of hydrogen-bond donors (Lipinski definition) is 1. The van der Waals surface area contributed by atoms with E-state index in [-0.39, 0.29) is 0 Å². The maximum atomic E-state index is 4.14. The average Bonchev–Trinajstić information content (AvgIpc) is 2.37. The zero-order valence-corrected chi connectivity index (χ0v) is 7.46. The molecule has 0 amide bonds. The minimum atomic E-state index is 0.892. The highest BCUT2D eigenvalue weighted by molar-refractivity contribution is 7.80. The molecule has 0 saturated carbocycles. The van der Waals surface area contributed by atoms with Crippen molar-refractivity contribution < 1.29 is 0 Å². The summed E-state index contributed by atoms with van der Waals surface area (Å²) in [5.74, 6) is 0.892. The second-order valence-corrected chi connectivity index (χ2v) is 2.83. The Kier molecular flexibility index (Phi) is 3.23. The smallest absolute Gasteiger partial charge is 0.0950 e. The molecule has 0 bridgehead atoms. The number of aryl methyl sites for hydroxylation is 1. The number of nitrogens with zero attached hydrogens (tertiary/aromatic N) is 2. The van der Waals surface area contributed by atoms with E-state index >= 15 is 0 Å². The first-order valence-corrected chi connectivity index (χ1v) is 4.21. The maximum Gasteiger partial charge on any atom is 0.0950 e. The van der Waals surface area contributed by atoms with Gasteiger partial charge in [0.1, 0.15) is 0 Å². The highest BCUT2D eigenvalue weighted by Crippen LogP contribution is 1.98. The van der Waals surface area contributed by atoms with Crippen molar-refractivity contribution in [3.8, 4) is 0 Å². The van der Waals surface area contributed by atoms with Gasteiger partial charge in [0.15, 0.2) is 0 Å². The van der Waals surface area contributed by atoms with Crippen molar-refractivity contribution in [3.05, 3.63) is 24.3 Å². The van der Waals surface area contributed by atoms with Crippen LogP contribution in [0.15, 0.2) is 18.6 Å². The highest BCUT2D eigenvalue weighted by Gasteiger charge is 1.87. The number of hydrogen-bond acceptors (Lipinski definition) is 2. The average molecular weight is 168 g/mol. The molecule has 3 heteroatoms. The molecular weight excluding hydrogens is 156 g/mol. The molecule has 0 radical (unpaired) electrons. The van der Waals surface area contributed by atoms with Crippen LogP contribution in [0.4, 0.5) is 0 Å². The molecule has 0 atom stereocenters. The van der Waals surface area contributed by atoms with E-state index in [0.29, 0.717) is 0 Å². The van der Waals surface area contributed by atoms with Gasteiger partial charge in [-0.25, -0.2) is 4.98 Å². The van der Waals surface area contributed by atoms with E-state index in [1.54, 1.807) is 6.33 Å². The van der Waals surface area contributed by atoms with Crippen LogP contribution in [0.25, 0.3) is 6.08 Å². The fraction of sp³-hybridized carbons (Fsp3) is 0.375. The third kappa shape index (κ3) is 2.80. The molecule has 2 nitrogen and oxygen atoms in total. The lowest BCUT2D eigenvalue weighted by Crippen LogP contribution is -1.77. The molecule has 0 aliphatic heterocycles. The Labute approximate surface area is 72.4 Å². The Bertz CT molecular complexity index is 240. The molecule has 1 aromatic rings. The van der Waals surface area contributed by atoms with Gasteiger partial charge in [0, 0.05) is 13.2 Å². The largest absolute Gasteiger partial charge is 0.340 e. The van der Waals surface area contributed by atoms with Gasteiger partial charge >= 0.3 is 0 Å².